The molecule has 19 heavy (non-hydrogen) atoms. The maximum Gasteiger partial charge on any atom is 0.163 e. The molecule has 4 heteroatoms. The number of nitrogens with one attached hydrogen (secondary N) is 1. The van der Waals surface area contributed by atoms with Crippen molar-refractivity contribution < 1.29 is 9.47 Å². The fourth-order valence-electron chi connectivity index (χ4n) is 2.01. The first-order valence-electron chi connectivity index (χ1n) is 6.25. The van der Waals surface area contributed by atoms with Crippen LogP contribution >= 0.6 is 0 Å². The van der Waals surface area contributed by atoms with E-state index in [0.717, 1.165) is 34.1 Å². The molecule has 0 amide bonds. The van der Waals surface area contributed by atoms with E-state index in [1.807, 2.05) is 43.3 Å². The number of ether oxygens (including phenoxy) is 2. The first kappa shape index (κ1) is 11.7. The molecule has 4 nitrogen and oxygen atoms in total. The summed E-state index contributed by atoms with van der Waals surface area (Å²) in [5.74, 6) is 1.57. The van der Waals surface area contributed by atoms with E-state index in [-0.39, 0.29) is 0 Å². The number of nitrogens with two attached hydrogens (primary N) is 1. The molecule has 0 spiro atoms. The summed E-state index contributed by atoms with van der Waals surface area (Å²) in [4.78, 5) is 0. The van der Waals surface area contributed by atoms with Gasteiger partial charge in [-0.1, -0.05) is 6.07 Å². The van der Waals surface area contributed by atoms with Gasteiger partial charge in [0.25, 0.3) is 0 Å². The minimum Gasteiger partial charge on any atom is -0.486 e. The van der Waals surface area contributed by atoms with Gasteiger partial charge in [-0.25, -0.2) is 0 Å². The van der Waals surface area contributed by atoms with E-state index in [4.69, 9.17) is 15.2 Å². The molecule has 0 radical (unpaired) electrons. The highest BCUT2D eigenvalue weighted by atomic mass is 16.6. The Morgan fingerprint density at radius 1 is 0.947 bits per heavy atom. The van der Waals surface area contributed by atoms with Gasteiger partial charge in [0, 0.05) is 23.1 Å². The Kier molecular flexibility index (Phi) is 2.91. The second-order valence-corrected chi connectivity index (χ2v) is 4.55. The minimum atomic E-state index is 0.591. The average Bonchev–Trinajstić information content (AvgIpc) is 2.43. The number of anilines is 3. The Morgan fingerprint density at radius 3 is 2.42 bits per heavy atom. The number of aryl methyl sites for hydroxylation is 1. The van der Waals surface area contributed by atoms with E-state index in [2.05, 4.69) is 5.32 Å². The first-order chi connectivity index (χ1) is 9.22. The smallest absolute Gasteiger partial charge is 0.163 e. The lowest BCUT2D eigenvalue weighted by Crippen LogP contribution is -2.15. The van der Waals surface area contributed by atoms with Crippen molar-refractivity contribution in [3.05, 3.63) is 42.0 Å². The zero-order valence-corrected chi connectivity index (χ0v) is 10.8. The van der Waals surface area contributed by atoms with Crippen LogP contribution in [-0.4, -0.2) is 13.2 Å². The molecule has 0 aromatic heterocycles. The van der Waals surface area contributed by atoms with Gasteiger partial charge >= 0.3 is 0 Å². The van der Waals surface area contributed by atoms with Crippen LogP contribution in [0.3, 0.4) is 0 Å². The second kappa shape index (κ2) is 4.72. The molecule has 1 aliphatic rings. The van der Waals surface area contributed by atoms with Crippen molar-refractivity contribution in [3.8, 4) is 11.5 Å². The summed E-state index contributed by atoms with van der Waals surface area (Å²) in [5.41, 5.74) is 9.67. The number of rotatable bonds is 2. The Labute approximate surface area is 112 Å². The Morgan fingerprint density at radius 2 is 1.63 bits per heavy atom. The van der Waals surface area contributed by atoms with Crippen LogP contribution in [-0.2, 0) is 0 Å². The number of hydrogen-bond acceptors (Lipinski definition) is 4. The fourth-order valence-corrected chi connectivity index (χ4v) is 2.01. The topological polar surface area (TPSA) is 56.5 Å². The maximum atomic E-state index is 5.90. The summed E-state index contributed by atoms with van der Waals surface area (Å²) < 4.78 is 11.0. The number of nitrogen functional groups attached to an aromatic ring is 1. The van der Waals surface area contributed by atoms with Crippen molar-refractivity contribution in [3.63, 3.8) is 0 Å². The summed E-state index contributed by atoms with van der Waals surface area (Å²) in [6.45, 7) is 3.19. The fraction of sp³-hybridized carbons (Fsp3) is 0.200. The van der Waals surface area contributed by atoms with Crippen LogP contribution in [0.25, 0.3) is 0 Å². The van der Waals surface area contributed by atoms with Crippen molar-refractivity contribution in [2.75, 3.05) is 24.3 Å². The van der Waals surface area contributed by atoms with Gasteiger partial charge in [-0.15, -0.1) is 0 Å². The van der Waals surface area contributed by atoms with Crippen LogP contribution in [0.15, 0.2) is 36.4 Å². The molecular weight excluding hydrogens is 240 g/mol. The predicted molar refractivity (Wildman–Crippen MR) is 76.3 cm³/mol. The second-order valence-electron chi connectivity index (χ2n) is 4.55. The molecule has 0 fully saturated rings. The van der Waals surface area contributed by atoms with E-state index in [0.29, 0.717) is 13.2 Å². The molecule has 0 bridgehead atoms. The molecule has 3 rings (SSSR count). The zero-order chi connectivity index (χ0) is 13.2. The molecule has 0 aliphatic carbocycles. The van der Waals surface area contributed by atoms with Crippen LogP contribution in [0.1, 0.15) is 5.56 Å². The third-order valence-electron chi connectivity index (χ3n) is 3.11. The third-order valence-corrected chi connectivity index (χ3v) is 3.11. The lowest BCUT2D eigenvalue weighted by atomic mass is 10.2. The van der Waals surface area contributed by atoms with Crippen molar-refractivity contribution in [1.29, 1.82) is 0 Å². The largest absolute Gasteiger partial charge is 0.486 e. The van der Waals surface area contributed by atoms with E-state index in [9.17, 15) is 0 Å². The highest BCUT2D eigenvalue weighted by Crippen LogP contribution is 2.33. The SMILES string of the molecule is Cc1ccc(Nc2ccc3c(c2)OCCO3)cc1N. The lowest BCUT2D eigenvalue weighted by molar-refractivity contribution is 0.171. The van der Waals surface area contributed by atoms with Gasteiger partial charge in [-0.2, -0.15) is 0 Å². The van der Waals surface area contributed by atoms with E-state index >= 15 is 0 Å². The van der Waals surface area contributed by atoms with Crippen molar-refractivity contribution in [2.24, 2.45) is 0 Å². The number of fused-ring (bicyclic) bond motifs is 1. The lowest BCUT2D eigenvalue weighted by Gasteiger charge is -2.19. The van der Waals surface area contributed by atoms with Gasteiger partial charge in [0.2, 0.25) is 0 Å². The summed E-state index contributed by atoms with van der Waals surface area (Å²) in [6, 6.07) is 11.7. The van der Waals surface area contributed by atoms with Gasteiger partial charge in [-0.05, 0) is 36.8 Å². The Bertz CT molecular complexity index is 611. The van der Waals surface area contributed by atoms with Crippen LogP contribution in [0.2, 0.25) is 0 Å². The summed E-state index contributed by atoms with van der Waals surface area (Å²) >= 11 is 0. The minimum absolute atomic E-state index is 0.591. The molecule has 1 heterocycles. The molecule has 0 saturated heterocycles. The van der Waals surface area contributed by atoms with Crippen molar-refractivity contribution in [1.82, 2.24) is 0 Å². The van der Waals surface area contributed by atoms with E-state index in [1.54, 1.807) is 0 Å². The molecule has 2 aromatic rings. The molecule has 2 aromatic carbocycles. The molecule has 98 valence electrons. The average molecular weight is 256 g/mol. The standard InChI is InChI=1S/C15H16N2O2/c1-10-2-3-11(8-13(10)16)17-12-4-5-14-15(9-12)19-7-6-18-14/h2-5,8-9,17H,6-7,16H2,1H3. The summed E-state index contributed by atoms with van der Waals surface area (Å²) in [7, 11) is 0. The van der Waals surface area contributed by atoms with E-state index < -0.39 is 0 Å². The van der Waals surface area contributed by atoms with Gasteiger partial charge in [0.05, 0.1) is 0 Å². The van der Waals surface area contributed by atoms with Gasteiger partial charge in [0.1, 0.15) is 13.2 Å². The Hall–Kier alpha value is -2.36. The van der Waals surface area contributed by atoms with Crippen molar-refractivity contribution in [2.45, 2.75) is 6.92 Å². The molecule has 1 aliphatic heterocycles. The Balaban J connectivity index is 1.84. The van der Waals surface area contributed by atoms with E-state index in [1.165, 1.54) is 0 Å². The highest BCUT2D eigenvalue weighted by molar-refractivity contribution is 5.67. The zero-order valence-electron chi connectivity index (χ0n) is 10.8. The van der Waals surface area contributed by atoms with Crippen molar-refractivity contribution >= 4 is 17.1 Å². The van der Waals surface area contributed by atoms with Gasteiger partial charge in [-0.3, -0.25) is 0 Å². The monoisotopic (exact) mass is 256 g/mol. The first-order valence-corrected chi connectivity index (χ1v) is 6.25. The van der Waals surface area contributed by atoms with Crippen LogP contribution in [0, 0.1) is 6.92 Å². The normalized spacial score (nSPS) is 13.1. The summed E-state index contributed by atoms with van der Waals surface area (Å²) in [6.07, 6.45) is 0. The molecule has 0 unspecified atom stereocenters. The molecule has 0 saturated carbocycles. The molecular formula is C15H16N2O2. The van der Waals surface area contributed by atoms with Gasteiger partial charge < -0.3 is 20.5 Å². The van der Waals surface area contributed by atoms with Crippen LogP contribution in [0.4, 0.5) is 17.1 Å². The predicted octanol–water partition coefficient (Wildman–Crippen LogP) is 3.09. The third kappa shape index (κ3) is 2.42. The van der Waals surface area contributed by atoms with Crippen LogP contribution < -0.4 is 20.5 Å². The quantitative estimate of drug-likeness (QED) is 0.811. The molecule has 0 atom stereocenters. The number of benzene rings is 2. The van der Waals surface area contributed by atoms with Crippen LogP contribution in [0.5, 0.6) is 11.5 Å². The van der Waals surface area contributed by atoms with Gasteiger partial charge in [0.15, 0.2) is 11.5 Å². The maximum absolute atomic E-state index is 5.90. The molecule has 3 N–H and O–H groups in total. The highest BCUT2D eigenvalue weighted by Gasteiger charge is 2.11. The number of hydrogen-bond donors (Lipinski definition) is 2. The summed E-state index contributed by atoms with van der Waals surface area (Å²) in [5, 5.41) is 3.31.